The number of benzene rings is 2. The van der Waals surface area contributed by atoms with Gasteiger partial charge in [0.05, 0.1) is 0 Å². The second-order valence-corrected chi connectivity index (χ2v) is 6.47. The van der Waals surface area contributed by atoms with Crippen molar-refractivity contribution in [2.24, 2.45) is 0 Å². The topological polar surface area (TPSA) is 74.0 Å². The van der Waals surface area contributed by atoms with Crippen LogP contribution in [0.25, 0.3) is 22.0 Å². The first-order chi connectivity index (χ1) is 12.1. The van der Waals surface area contributed by atoms with Gasteiger partial charge in [0.25, 0.3) is 5.91 Å². The summed E-state index contributed by atoms with van der Waals surface area (Å²) >= 11 is 6.16. The first-order valence-corrected chi connectivity index (χ1v) is 8.46. The molecule has 0 spiro atoms. The van der Waals surface area contributed by atoms with Gasteiger partial charge >= 0.3 is 0 Å². The number of H-pyrrole nitrogens is 1. The van der Waals surface area contributed by atoms with E-state index in [0.717, 1.165) is 22.0 Å². The minimum absolute atomic E-state index is 0.145. The third-order valence-corrected chi connectivity index (χ3v) is 4.64. The van der Waals surface area contributed by atoms with E-state index in [1.165, 1.54) is 0 Å². The Morgan fingerprint density at radius 1 is 1.16 bits per heavy atom. The van der Waals surface area contributed by atoms with E-state index in [0.29, 0.717) is 23.7 Å². The number of rotatable bonds is 3. The highest BCUT2D eigenvalue weighted by Gasteiger charge is 2.28. The van der Waals surface area contributed by atoms with Crippen LogP contribution in [-0.4, -0.2) is 29.4 Å². The van der Waals surface area contributed by atoms with Crippen LogP contribution in [0.3, 0.4) is 0 Å². The summed E-state index contributed by atoms with van der Waals surface area (Å²) < 4.78 is 0. The number of nitrogens with one attached hydrogen (secondary N) is 3. The maximum atomic E-state index is 12.8. The summed E-state index contributed by atoms with van der Waals surface area (Å²) in [5, 5.41) is 7.02. The monoisotopic (exact) mass is 353 g/mol. The first-order valence-electron chi connectivity index (χ1n) is 8.09. The van der Waals surface area contributed by atoms with Crippen molar-refractivity contribution in [1.29, 1.82) is 0 Å². The van der Waals surface area contributed by atoms with E-state index < -0.39 is 6.04 Å². The molecule has 4 rings (SSSR count). The highest BCUT2D eigenvalue weighted by molar-refractivity contribution is 6.31. The maximum Gasteiger partial charge on any atom is 0.269 e. The van der Waals surface area contributed by atoms with Gasteiger partial charge in [-0.2, -0.15) is 0 Å². The molecule has 126 valence electrons. The Hall–Kier alpha value is -2.79. The third kappa shape index (κ3) is 2.87. The number of fused-ring (bicyclic) bond motifs is 1. The molecular formula is C19H16ClN3O2. The van der Waals surface area contributed by atoms with Crippen LogP contribution in [0.15, 0.2) is 48.5 Å². The fraction of sp³-hybridized carbons (Fsp3) is 0.158. The van der Waals surface area contributed by atoms with Crippen molar-refractivity contribution in [2.45, 2.75) is 12.5 Å². The van der Waals surface area contributed by atoms with Crippen molar-refractivity contribution in [2.75, 3.05) is 6.54 Å². The molecule has 0 aliphatic carbocycles. The molecule has 0 bridgehead atoms. The van der Waals surface area contributed by atoms with Crippen molar-refractivity contribution in [3.8, 4) is 11.1 Å². The molecule has 1 aliphatic rings. The Kier molecular flexibility index (Phi) is 3.93. The number of aromatic nitrogens is 1. The lowest BCUT2D eigenvalue weighted by Gasteiger charge is -2.10. The van der Waals surface area contributed by atoms with Crippen LogP contribution in [0.4, 0.5) is 0 Å². The predicted octanol–water partition coefficient (Wildman–Crippen LogP) is 3.11. The highest BCUT2D eigenvalue weighted by atomic mass is 35.5. The molecule has 5 nitrogen and oxygen atoms in total. The van der Waals surface area contributed by atoms with Crippen LogP contribution >= 0.6 is 11.6 Å². The number of carbonyl (C=O) groups excluding carboxylic acids is 2. The van der Waals surface area contributed by atoms with Gasteiger partial charge in [0, 0.05) is 28.0 Å². The lowest BCUT2D eigenvalue weighted by Crippen LogP contribution is -2.40. The largest absolute Gasteiger partial charge is 0.354 e. The summed E-state index contributed by atoms with van der Waals surface area (Å²) in [6.45, 7) is 0.581. The average Bonchev–Trinajstić information content (AvgIpc) is 3.19. The fourth-order valence-corrected chi connectivity index (χ4v) is 3.37. The van der Waals surface area contributed by atoms with E-state index in [4.69, 9.17) is 11.6 Å². The van der Waals surface area contributed by atoms with Crippen molar-refractivity contribution in [3.63, 3.8) is 0 Å². The van der Waals surface area contributed by atoms with Crippen LogP contribution < -0.4 is 10.6 Å². The standard InChI is InChI=1S/C19H16ClN3O2/c20-12-6-7-14-13(10-12)16(11-4-2-1-3-5-11)17(22-14)19(25)23-15-8-9-21-18(15)24/h1-7,10,15,22H,8-9H2,(H,21,24)(H,23,25). The number of hydrogen-bond acceptors (Lipinski definition) is 2. The van der Waals surface area contributed by atoms with Gasteiger partial charge in [0.2, 0.25) is 5.91 Å². The molecule has 1 saturated heterocycles. The van der Waals surface area contributed by atoms with Gasteiger partial charge < -0.3 is 15.6 Å². The van der Waals surface area contributed by atoms with E-state index >= 15 is 0 Å². The van der Waals surface area contributed by atoms with Crippen molar-refractivity contribution in [1.82, 2.24) is 15.6 Å². The molecule has 1 unspecified atom stereocenters. The van der Waals surface area contributed by atoms with E-state index in [9.17, 15) is 9.59 Å². The van der Waals surface area contributed by atoms with Crippen LogP contribution in [0.5, 0.6) is 0 Å². The molecule has 2 heterocycles. The summed E-state index contributed by atoms with van der Waals surface area (Å²) in [6.07, 6.45) is 0.595. The van der Waals surface area contributed by atoms with Crippen LogP contribution in [0.1, 0.15) is 16.9 Å². The van der Waals surface area contributed by atoms with Crippen molar-refractivity contribution < 1.29 is 9.59 Å². The van der Waals surface area contributed by atoms with E-state index in [2.05, 4.69) is 15.6 Å². The van der Waals surface area contributed by atoms with Gasteiger partial charge in [-0.3, -0.25) is 9.59 Å². The SMILES string of the molecule is O=C(NC1CCNC1=O)c1[nH]c2ccc(Cl)cc2c1-c1ccccc1. The van der Waals surface area contributed by atoms with Crippen molar-refractivity contribution >= 4 is 34.3 Å². The molecule has 3 aromatic rings. The number of halogens is 1. The smallest absolute Gasteiger partial charge is 0.269 e. The summed E-state index contributed by atoms with van der Waals surface area (Å²) in [6, 6.07) is 14.6. The van der Waals surface area contributed by atoms with Gasteiger partial charge in [-0.05, 0) is 30.2 Å². The van der Waals surface area contributed by atoms with Crippen molar-refractivity contribution in [3.05, 3.63) is 59.2 Å². The second-order valence-electron chi connectivity index (χ2n) is 6.04. The summed E-state index contributed by atoms with van der Waals surface area (Å²) in [5.74, 6) is -0.443. The minimum atomic E-state index is -0.494. The Bertz CT molecular complexity index is 965. The Morgan fingerprint density at radius 3 is 2.68 bits per heavy atom. The van der Waals surface area contributed by atoms with E-state index in [1.807, 2.05) is 42.5 Å². The molecule has 25 heavy (non-hydrogen) atoms. The van der Waals surface area contributed by atoms with Gasteiger partial charge in [0.15, 0.2) is 0 Å². The van der Waals surface area contributed by atoms with E-state index in [-0.39, 0.29) is 11.8 Å². The number of carbonyl (C=O) groups is 2. The Labute approximate surface area is 149 Å². The lowest BCUT2D eigenvalue weighted by atomic mass is 10.0. The maximum absolute atomic E-state index is 12.8. The predicted molar refractivity (Wildman–Crippen MR) is 97.6 cm³/mol. The molecule has 6 heteroatoms. The fourth-order valence-electron chi connectivity index (χ4n) is 3.20. The van der Waals surface area contributed by atoms with Gasteiger partial charge in [-0.15, -0.1) is 0 Å². The summed E-state index contributed by atoms with van der Waals surface area (Å²) in [4.78, 5) is 27.8. The molecule has 0 saturated carbocycles. The zero-order valence-electron chi connectivity index (χ0n) is 13.3. The molecule has 2 amide bonds. The number of amides is 2. The Balaban J connectivity index is 1.82. The average molecular weight is 354 g/mol. The molecule has 1 atom stereocenters. The number of hydrogen-bond donors (Lipinski definition) is 3. The van der Waals surface area contributed by atoms with Crippen LogP contribution in [0.2, 0.25) is 5.02 Å². The zero-order chi connectivity index (χ0) is 17.4. The minimum Gasteiger partial charge on any atom is -0.354 e. The molecule has 1 aromatic heterocycles. The summed E-state index contributed by atoms with van der Waals surface area (Å²) in [7, 11) is 0. The molecule has 3 N–H and O–H groups in total. The van der Waals surface area contributed by atoms with Crippen LogP contribution in [0, 0.1) is 0 Å². The van der Waals surface area contributed by atoms with Gasteiger partial charge in [-0.1, -0.05) is 41.9 Å². The van der Waals surface area contributed by atoms with Gasteiger partial charge in [-0.25, -0.2) is 0 Å². The molecule has 1 aliphatic heterocycles. The molecule has 1 fully saturated rings. The second kappa shape index (κ2) is 6.26. The third-order valence-electron chi connectivity index (χ3n) is 4.40. The van der Waals surface area contributed by atoms with Crippen LogP contribution in [-0.2, 0) is 4.79 Å². The quantitative estimate of drug-likeness (QED) is 0.677. The zero-order valence-corrected chi connectivity index (χ0v) is 14.1. The highest BCUT2D eigenvalue weighted by Crippen LogP contribution is 2.34. The lowest BCUT2D eigenvalue weighted by molar-refractivity contribution is -0.120. The summed E-state index contributed by atoms with van der Waals surface area (Å²) in [5.41, 5.74) is 2.96. The van der Waals surface area contributed by atoms with E-state index in [1.54, 1.807) is 6.07 Å². The first kappa shape index (κ1) is 15.7. The molecule has 2 aromatic carbocycles. The van der Waals surface area contributed by atoms with Gasteiger partial charge in [0.1, 0.15) is 11.7 Å². The Morgan fingerprint density at radius 2 is 1.96 bits per heavy atom. The molecular weight excluding hydrogens is 338 g/mol. The number of aromatic amines is 1. The normalized spacial score (nSPS) is 16.8. The molecule has 0 radical (unpaired) electrons.